The van der Waals surface area contributed by atoms with Crippen LogP contribution >= 0.6 is 0 Å². The lowest BCUT2D eigenvalue weighted by Crippen LogP contribution is -2.30. The third kappa shape index (κ3) is 6.52. The molecule has 1 N–H and O–H groups in total. The summed E-state index contributed by atoms with van der Waals surface area (Å²) in [6, 6.07) is 15.8. The topological polar surface area (TPSA) is 90.7 Å². The molecule has 0 saturated heterocycles. The van der Waals surface area contributed by atoms with E-state index in [1.807, 2.05) is 37.3 Å². The van der Waals surface area contributed by atoms with Crippen molar-refractivity contribution in [1.29, 1.82) is 0 Å². The van der Waals surface area contributed by atoms with Crippen molar-refractivity contribution in [2.45, 2.75) is 32.6 Å². The molecule has 0 aromatic heterocycles. The molecule has 0 bridgehead atoms. The molecule has 1 amide bonds. The number of carbonyl (C=O) groups excluding carboxylic acids is 1. The molecule has 2 rings (SSSR count). The Balaban J connectivity index is 1.74. The molecule has 0 aliphatic heterocycles. The first kappa shape index (κ1) is 19.4. The number of non-ortho nitro benzene ring substituents is 1. The minimum absolute atomic E-state index is 0.0229. The maximum absolute atomic E-state index is 11.9. The van der Waals surface area contributed by atoms with Crippen LogP contribution in [0, 0.1) is 10.1 Å². The Hall–Kier alpha value is -2.93. The minimum atomic E-state index is -0.500. The Kier molecular flexibility index (Phi) is 7.57. The standard InChI is InChI=1S/C19H22N2O5/c1-2-18(26-19(22)20-12-15-7-4-3-5-8-15)14-25-13-16-9-6-10-17(11-16)21(23)24/h3-11,18H,2,12-14H2,1H3,(H,20,22). The third-order valence-corrected chi connectivity index (χ3v) is 3.70. The lowest BCUT2D eigenvalue weighted by molar-refractivity contribution is -0.384. The smallest absolute Gasteiger partial charge is 0.407 e. The summed E-state index contributed by atoms with van der Waals surface area (Å²) in [7, 11) is 0. The molecule has 0 saturated carbocycles. The summed E-state index contributed by atoms with van der Waals surface area (Å²) < 4.78 is 10.9. The second kappa shape index (κ2) is 10.1. The Morgan fingerprint density at radius 2 is 1.88 bits per heavy atom. The highest BCUT2D eigenvalue weighted by Gasteiger charge is 2.13. The summed E-state index contributed by atoms with van der Waals surface area (Å²) in [5.41, 5.74) is 1.71. The molecule has 0 aliphatic rings. The molecule has 0 aliphatic carbocycles. The normalized spacial score (nSPS) is 11.6. The van der Waals surface area contributed by atoms with Crippen LogP contribution in [0.5, 0.6) is 0 Å². The van der Waals surface area contributed by atoms with Gasteiger partial charge in [-0.1, -0.05) is 49.4 Å². The van der Waals surface area contributed by atoms with Gasteiger partial charge in [0.05, 0.1) is 18.1 Å². The van der Waals surface area contributed by atoms with Crippen molar-refractivity contribution in [3.63, 3.8) is 0 Å². The van der Waals surface area contributed by atoms with Crippen LogP contribution in [0.3, 0.4) is 0 Å². The van der Waals surface area contributed by atoms with Crippen LogP contribution in [0.15, 0.2) is 54.6 Å². The molecule has 0 fully saturated rings. The number of hydrogen-bond acceptors (Lipinski definition) is 5. The van der Waals surface area contributed by atoms with E-state index in [0.717, 1.165) is 5.56 Å². The van der Waals surface area contributed by atoms with E-state index in [4.69, 9.17) is 9.47 Å². The largest absolute Gasteiger partial charge is 0.444 e. The van der Waals surface area contributed by atoms with Crippen molar-refractivity contribution >= 4 is 11.8 Å². The number of nitrogens with one attached hydrogen (secondary N) is 1. The van der Waals surface area contributed by atoms with E-state index in [-0.39, 0.29) is 25.0 Å². The van der Waals surface area contributed by atoms with E-state index in [1.165, 1.54) is 12.1 Å². The van der Waals surface area contributed by atoms with Crippen LogP contribution in [-0.2, 0) is 22.6 Å². The van der Waals surface area contributed by atoms with Crippen LogP contribution in [0.25, 0.3) is 0 Å². The maximum Gasteiger partial charge on any atom is 0.407 e. The number of ether oxygens (including phenoxy) is 2. The van der Waals surface area contributed by atoms with Gasteiger partial charge in [-0.3, -0.25) is 10.1 Å². The average molecular weight is 358 g/mol. The second-order valence-electron chi connectivity index (χ2n) is 5.72. The van der Waals surface area contributed by atoms with Gasteiger partial charge >= 0.3 is 6.09 Å². The summed E-state index contributed by atoms with van der Waals surface area (Å²) in [6.07, 6.45) is -0.280. The summed E-state index contributed by atoms with van der Waals surface area (Å²) in [6.45, 7) is 2.72. The quantitative estimate of drug-likeness (QED) is 0.543. The van der Waals surface area contributed by atoms with Crippen molar-refractivity contribution in [3.05, 3.63) is 75.8 Å². The first-order valence-corrected chi connectivity index (χ1v) is 8.38. The maximum atomic E-state index is 11.9. The van der Waals surface area contributed by atoms with E-state index >= 15 is 0 Å². The van der Waals surface area contributed by atoms with E-state index in [1.54, 1.807) is 12.1 Å². The van der Waals surface area contributed by atoms with Crippen LogP contribution in [0.1, 0.15) is 24.5 Å². The second-order valence-corrected chi connectivity index (χ2v) is 5.72. The molecule has 7 nitrogen and oxygen atoms in total. The van der Waals surface area contributed by atoms with E-state index in [2.05, 4.69) is 5.32 Å². The van der Waals surface area contributed by atoms with Crippen LogP contribution in [0.4, 0.5) is 10.5 Å². The molecule has 1 unspecified atom stereocenters. The van der Waals surface area contributed by atoms with Gasteiger partial charge in [-0.05, 0) is 17.5 Å². The van der Waals surface area contributed by atoms with E-state index in [0.29, 0.717) is 18.5 Å². The van der Waals surface area contributed by atoms with Gasteiger partial charge in [0.1, 0.15) is 6.10 Å². The van der Waals surface area contributed by atoms with E-state index < -0.39 is 11.0 Å². The SMILES string of the molecule is CCC(COCc1cccc([N+](=O)[O-])c1)OC(=O)NCc1ccccc1. The van der Waals surface area contributed by atoms with Crippen LogP contribution < -0.4 is 5.32 Å². The summed E-state index contributed by atoms with van der Waals surface area (Å²) in [5.74, 6) is 0. The first-order valence-electron chi connectivity index (χ1n) is 8.38. The highest BCUT2D eigenvalue weighted by Crippen LogP contribution is 2.14. The predicted octanol–water partition coefficient (Wildman–Crippen LogP) is 3.82. The Bertz CT molecular complexity index is 721. The van der Waals surface area contributed by atoms with Gasteiger partial charge in [-0.2, -0.15) is 0 Å². The lowest BCUT2D eigenvalue weighted by atomic mass is 10.2. The Morgan fingerprint density at radius 1 is 1.15 bits per heavy atom. The monoisotopic (exact) mass is 358 g/mol. The van der Waals surface area contributed by atoms with Crippen molar-refractivity contribution in [2.24, 2.45) is 0 Å². The zero-order chi connectivity index (χ0) is 18.8. The summed E-state index contributed by atoms with van der Waals surface area (Å²) >= 11 is 0. The number of nitro benzene ring substituents is 1. The van der Waals surface area contributed by atoms with Crippen LogP contribution in [0.2, 0.25) is 0 Å². The van der Waals surface area contributed by atoms with E-state index in [9.17, 15) is 14.9 Å². The van der Waals surface area contributed by atoms with Crippen LogP contribution in [-0.4, -0.2) is 23.7 Å². The Labute approximate surface area is 152 Å². The molecule has 2 aromatic carbocycles. The number of amides is 1. The molecule has 0 radical (unpaired) electrons. The van der Waals surface area contributed by atoms with Gasteiger partial charge in [0.25, 0.3) is 5.69 Å². The zero-order valence-electron chi connectivity index (χ0n) is 14.6. The fraction of sp³-hybridized carbons (Fsp3) is 0.316. The first-order chi connectivity index (χ1) is 12.6. The molecule has 138 valence electrons. The highest BCUT2D eigenvalue weighted by molar-refractivity contribution is 5.67. The molecule has 0 spiro atoms. The number of nitrogens with zero attached hydrogens (tertiary/aromatic N) is 1. The number of alkyl carbamates (subject to hydrolysis) is 1. The highest BCUT2D eigenvalue weighted by atomic mass is 16.6. The van der Waals surface area contributed by atoms with Gasteiger partial charge in [0.15, 0.2) is 0 Å². The van der Waals surface area contributed by atoms with Gasteiger partial charge < -0.3 is 14.8 Å². The lowest BCUT2D eigenvalue weighted by Gasteiger charge is -2.17. The predicted molar refractivity (Wildman–Crippen MR) is 96.6 cm³/mol. The molecule has 26 heavy (non-hydrogen) atoms. The van der Waals surface area contributed by atoms with Gasteiger partial charge in [0.2, 0.25) is 0 Å². The van der Waals surface area contributed by atoms with Crippen molar-refractivity contribution in [1.82, 2.24) is 5.32 Å². The zero-order valence-corrected chi connectivity index (χ0v) is 14.6. The molecule has 0 heterocycles. The number of hydrogen-bond donors (Lipinski definition) is 1. The molecular formula is C19H22N2O5. The fourth-order valence-corrected chi connectivity index (χ4v) is 2.27. The van der Waals surface area contributed by atoms with Crippen molar-refractivity contribution < 1.29 is 19.2 Å². The van der Waals surface area contributed by atoms with Gasteiger partial charge in [0, 0.05) is 18.7 Å². The number of rotatable bonds is 9. The number of carbonyl (C=O) groups is 1. The minimum Gasteiger partial charge on any atom is -0.444 e. The molecule has 2 aromatic rings. The fourth-order valence-electron chi connectivity index (χ4n) is 2.27. The summed E-state index contributed by atoms with van der Waals surface area (Å²) in [4.78, 5) is 22.2. The number of nitro groups is 1. The van der Waals surface area contributed by atoms with Crippen molar-refractivity contribution in [3.8, 4) is 0 Å². The molecular weight excluding hydrogens is 336 g/mol. The third-order valence-electron chi connectivity index (χ3n) is 3.70. The van der Waals surface area contributed by atoms with Gasteiger partial charge in [-0.25, -0.2) is 4.79 Å². The average Bonchev–Trinajstić information content (AvgIpc) is 2.66. The Morgan fingerprint density at radius 3 is 2.58 bits per heavy atom. The molecule has 7 heteroatoms. The van der Waals surface area contributed by atoms with Gasteiger partial charge in [-0.15, -0.1) is 0 Å². The van der Waals surface area contributed by atoms with Crippen molar-refractivity contribution in [2.75, 3.05) is 6.61 Å². The molecule has 1 atom stereocenters. The number of benzene rings is 2. The summed E-state index contributed by atoms with van der Waals surface area (Å²) in [5, 5.41) is 13.5.